The lowest BCUT2D eigenvalue weighted by molar-refractivity contribution is -0.121. The van der Waals surface area contributed by atoms with E-state index in [2.05, 4.69) is 24.2 Å². The Morgan fingerprint density at radius 2 is 2.06 bits per heavy atom. The number of carbonyl (C=O) groups excluding carboxylic acids is 1. The van der Waals surface area contributed by atoms with Gasteiger partial charge in [-0.15, -0.1) is 0 Å². The molecular formula is C12H26N2O2. The highest BCUT2D eigenvalue weighted by atomic mass is 16.5. The van der Waals surface area contributed by atoms with E-state index in [-0.39, 0.29) is 5.91 Å². The lowest BCUT2D eigenvalue weighted by Gasteiger charge is -2.15. The van der Waals surface area contributed by atoms with Gasteiger partial charge in [-0.05, 0) is 26.4 Å². The van der Waals surface area contributed by atoms with E-state index in [1.807, 2.05) is 0 Å². The van der Waals surface area contributed by atoms with Crippen LogP contribution in [0.25, 0.3) is 0 Å². The fraction of sp³-hybridized carbons (Fsp3) is 0.917. The van der Waals surface area contributed by atoms with Crippen LogP contribution >= 0.6 is 0 Å². The van der Waals surface area contributed by atoms with Gasteiger partial charge >= 0.3 is 0 Å². The molecule has 0 spiro atoms. The van der Waals surface area contributed by atoms with Crippen LogP contribution in [0.3, 0.4) is 0 Å². The smallest absolute Gasteiger partial charge is 0.221 e. The van der Waals surface area contributed by atoms with Crippen LogP contribution in [0.5, 0.6) is 0 Å². The summed E-state index contributed by atoms with van der Waals surface area (Å²) in [6, 6.07) is 0. The largest absolute Gasteiger partial charge is 0.385 e. The van der Waals surface area contributed by atoms with Crippen LogP contribution in [0.15, 0.2) is 0 Å². The lowest BCUT2D eigenvalue weighted by atomic mass is 10.3. The van der Waals surface area contributed by atoms with Crippen LogP contribution in [0.2, 0.25) is 0 Å². The van der Waals surface area contributed by atoms with Gasteiger partial charge in [0.05, 0.1) is 0 Å². The predicted octanol–water partition coefficient (Wildman–Crippen LogP) is 1.26. The molecule has 4 nitrogen and oxygen atoms in total. The average molecular weight is 230 g/mol. The highest BCUT2D eigenvalue weighted by Crippen LogP contribution is 1.93. The molecule has 0 aliphatic rings. The minimum atomic E-state index is 0.138. The topological polar surface area (TPSA) is 41.6 Å². The van der Waals surface area contributed by atoms with Gasteiger partial charge in [0.2, 0.25) is 5.91 Å². The molecule has 0 aliphatic carbocycles. The maximum atomic E-state index is 11.4. The van der Waals surface area contributed by atoms with E-state index >= 15 is 0 Å². The van der Waals surface area contributed by atoms with E-state index in [0.717, 1.165) is 19.5 Å². The summed E-state index contributed by atoms with van der Waals surface area (Å²) >= 11 is 0. The van der Waals surface area contributed by atoms with Crippen molar-refractivity contribution in [2.45, 2.75) is 32.6 Å². The predicted molar refractivity (Wildman–Crippen MR) is 66.5 cm³/mol. The Labute approximate surface area is 99.3 Å². The van der Waals surface area contributed by atoms with Gasteiger partial charge in [0.1, 0.15) is 0 Å². The molecule has 0 unspecified atom stereocenters. The number of amides is 1. The zero-order valence-electron chi connectivity index (χ0n) is 10.9. The summed E-state index contributed by atoms with van der Waals surface area (Å²) in [6.45, 7) is 5.52. The molecule has 0 bridgehead atoms. The highest BCUT2D eigenvalue weighted by molar-refractivity contribution is 5.75. The Morgan fingerprint density at radius 1 is 1.31 bits per heavy atom. The fourth-order valence-electron chi connectivity index (χ4n) is 1.36. The first-order chi connectivity index (χ1) is 7.70. The number of carbonyl (C=O) groups is 1. The van der Waals surface area contributed by atoms with Crippen LogP contribution in [-0.4, -0.2) is 51.2 Å². The van der Waals surface area contributed by atoms with Crippen molar-refractivity contribution in [3.63, 3.8) is 0 Å². The van der Waals surface area contributed by atoms with Crippen LogP contribution in [0, 0.1) is 0 Å². The van der Waals surface area contributed by atoms with Gasteiger partial charge in [0.15, 0.2) is 0 Å². The van der Waals surface area contributed by atoms with E-state index in [0.29, 0.717) is 19.6 Å². The third-order valence-electron chi connectivity index (χ3n) is 2.46. The Balaban J connectivity index is 3.35. The summed E-state index contributed by atoms with van der Waals surface area (Å²) < 4.78 is 4.91. The lowest BCUT2D eigenvalue weighted by Crippen LogP contribution is -2.30. The number of hydrogen-bond donors (Lipinski definition) is 1. The second kappa shape index (κ2) is 10.9. The molecule has 0 aromatic carbocycles. The summed E-state index contributed by atoms with van der Waals surface area (Å²) in [5.74, 6) is 0.138. The van der Waals surface area contributed by atoms with Crippen molar-refractivity contribution in [1.82, 2.24) is 10.2 Å². The second-order valence-electron chi connectivity index (χ2n) is 4.10. The molecule has 0 fully saturated rings. The maximum Gasteiger partial charge on any atom is 0.221 e. The second-order valence-corrected chi connectivity index (χ2v) is 4.10. The quantitative estimate of drug-likeness (QED) is 0.575. The van der Waals surface area contributed by atoms with Crippen LogP contribution < -0.4 is 5.32 Å². The van der Waals surface area contributed by atoms with Crippen molar-refractivity contribution in [3.8, 4) is 0 Å². The first-order valence-corrected chi connectivity index (χ1v) is 6.14. The summed E-state index contributed by atoms with van der Waals surface area (Å²) in [4.78, 5) is 13.6. The Bertz CT molecular complexity index is 174. The van der Waals surface area contributed by atoms with Crippen molar-refractivity contribution in [2.75, 3.05) is 40.4 Å². The number of nitrogens with zero attached hydrogens (tertiary/aromatic N) is 1. The highest BCUT2D eigenvalue weighted by Gasteiger charge is 2.03. The fourth-order valence-corrected chi connectivity index (χ4v) is 1.36. The monoisotopic (exact) mass is 230 g/mol. The molecule has 16 heavy (non-hydrogen) atoms. The standard InChI is InChI=1S/C12H26N2O2/c1-4-5-9-14(2)10-7-12(15)13-8-6-11-16-3/h4-11H2,1-3H3,(H,13,15). The molecule has 1 N–H and O–H groups in total. The molecule has 0 atom stereocenters. The van der Waals surface area contributed by atoms with Crippen LogP contribution in [0.1, 0.15) is 32.6 Å². The first kappa shape index (κ1) is 15.4. The molecule has 0 aromatic rings. The van der Waals surface area contributed by atoms with Gasteiger partial charge in [-0.3, -0.25) is 4.79 Å². The number of ether oxygens (including phenoxy) is 1. The Morgan fingerprint density at radius 3 is 2.69 bits per heavy atom. The van der Waals surface area contributed by atoms with Crippen molar-refractivity contribution in [1.29, 1.82) is 0 Å². The zero-order chi connectivity index (χ0) is 12.2. The number of hydrogen-bond acceptors (Lipinski definition) is 3. The third kappa shape index (κ3) is 9.93. The summed E-state index contributed by atoms with van der Waals surface area (Å²) in [5, 5.41) is 2.88. The molecule has 96 valence electrons. The van der Waals surface area contributed by atoms with Crippen molar-refractivity contribution in [2.24, 2.45) is 0 Å². The molecular weight excluding hydrogens is 204 g/mol. The van der Waals surface area contributed by atoms with Crippen LogP contribution in [0.4, 0.5) is 0 Å². The maximum absolute atomic E-state index is 11.4. The summed E-state index contributed by atoms with van der Waals surface area (Å²) in [5.41, 5.74) is 0. The van der Waals surface area contributed by atoms with Crippen molar-refractivity contribution in [3.05, 3.63) is 0 Å². The molecule has 1 amide bonds. The van der Waals surface area contributed by atoms with E-state index < -0.39 is 0 Å². The van der Waals surface area contributed by atoms with Gasteiger partial charge in [-0.1, -0.05) is 13.3 Å². The normalized spacial score (nSPS) is 10.8. The Hall–Kier alpha value is -0.610. The molecule has 4 heteroatoms. The number of unbranched alkanes of at least 4 members (excludes halogenated alkanes) is 1. The number of methoxy groups -OCH3 is 1. The molecule has 0 rings (SSSR count). The molecule has 0 aromatic heterocycles. The minimum Gasteiger partial charge on any atom is -0.385 e. The van der Waals surface area contributed by atoms with E-state index in [1.54, 1.807) is 7.11 Å². The number of rotatable bonds is 10. The van der Waals surface area contributed by atoms with Gasteiger partial charge in [0.25, 0.3) is 0 Å². The molecule has 0 saturated carbocycles. The number of nitrogens with one attached hydrogen (secondary N) is 1. The minimum absolute atomic E-state index is 0.138. The van der Waals surface area contributed by atoms with E-state index in [9.17, 15) is 4.79 Å². The van der Waals surface area contributed by atoms with Crippen molar-refractivity contribution < 1.29 is 9.53 Å². The summed E-state index contributed by atoms with van der Waals surface area (Å²) in [7, 11) is 3.73. The van der Waals surface area contributed by atoms with Crippen LogP contribution in [-0.2, 0) is 9.53 Å². The van der Waals surface area contributed by atoms with E-state index in [1.165, 1.54) is 12.8 Å². The van der Waals surface area contributed by atoms with Gasteiger partial charge in [-0.2, -0.15) is 0 Å². The van der Waals surface area contributed by atoms with Gasteiger partial charge in [0, 0.05) is 33.2 Å². The Kier molecular flexibility index (Phi) is 10.5. The van der Waals surface area contributed by atoms with Gasteiger partial charge in [-0.25, -0.2) is 0 Å². The van der Waals surface area contributed by atoms with E-state index in [4.69, 9.17) is 4.74 Å². The van der Waals surface area contributed by atoms with Gasteiger partial charge < -0.3 is 15.0 Å². The molecule has 0 aliphatic heterocycles. The average Bonchev–Trinajstić information content (AvgIpc) is 2.29. The zero-order valence-corrected chi connectivity index (χ0v) is 10.9. The third-order valence-corrected chi connectivity index (χ3v) is 2.46. The molecule has 0 heterocycles. The first-order valence-electron chi connectivity index (χ1n) is 6.14. The van der Waals surface area contributed by atoms with Crippen molar-refractivity contribution >= 4 is 5.91 Å². The summed E-state index contributed by atoms with van der Waals surface area (Å²) in [6.07, 6.45) is 3.88. The SMILES string of the molecule is CCCCN(C)CCC(=O)NCCCOC. The molecule has 0 saturated heterocycles. The molecule has 0 radical (unpaired) electrons.